The highest BCUT2D eigenvalue weighted by molar-refractivity contribution is 5.66. The maximum absolute atomic E-state index is 10.3. The molecule has 0 saturated heterocycles. The van der Waals surface area contributed by atoms with Gasteiger partial charge in [-0.05, 0) is 0 Å². The van der Waals surface area contributed by atoms with Gasteiger partial charge in [0, 0.05) is 11.9 Å². The fraction of sp³-hybridized carbons (Fsp3) is 0.500. The second-order valence-corrected chi connectivity index (χ2v) is 2.34. The second-order valence-electron chi connectivity index (χ2n) is 2.34. The fourth-order valence-corrected chi connectivity index (χ4v) is 0.682. The highest BCUT2D eigenvalue weighted by Gasteiger charge is 2.02. The van der Waals surface area contributed by atoms with Crippen LogP contribution in [0.4, 0.5) is 0 Å². The van der Waals surface area contributed by atoms with E-state index in [0.29, 0.717) is 6.54 Å². The molecule has 60 valence electrons. The Morgan fingerprint density at radius 2 is 2.55 bits per heavy atom. The van der Waals surface area contributed by atoms with Crippen LogP contribution in [-0.4, -0.2) is 20.7 Å². The summed E-state index contributed by atoms with van der Waals surface area (Å²) >= 11 is 0. The molecule has 0 radical (unpaired) electrons. The van der Waals surface area contributed by atoms with E-state index >= 15 is 0 Å². The number of carboxylic acids is 1. The number of aromatic nitrogens is 3. The zero-order valence-electron chi connectivity index (χ0n) is 6.10. The van der Waals surface area contributed by atoms with E-state index in [0.717, 1.165) is 0 Å². The number of nitrogens with zero attached hydrogens (tertiary/aromatic N) is 3. The van der Waals surface area contributed by atoms with Gasteiger partial charge in [0.25, 0.3) is 0 Å². The smallest absolute Gasteiger partial charge is 0.137 e. The molecule has 0 aliphatic heterocycles. The average Bonchev–Trinajstić information content (AvgIpc) is 2.39. The van der Waals surface area contributed by atoms with Crippen LogP contribution in [0.2, 0.25) is 0 Å². The summed E-state index contributed by atoms with van der Waals surface area (Å²) in [6.07, 6.45) is 2.83. The molecule has 0 aliphatic rings. The lowest BCUT2D eigenvalue weighted by atomic mass is 10.2. The van der Waals surface area contributed by atoms with Crippen molar-refractivity contribution in [2.45, 2.75) is 13.5 Å². The Labute approximate surface area is 63.7 Å². The molecule has 0 saturated carbocycles. The maximum atomic E-state index is 10.3. The Hall–Kier alpha value is -1.39. The van der Waals surface area contributed by atoms with Crippen molar-refractivity contribution >= 4 is 5.97 Å². The molecule has 1 rings (SSSR count). The first-order valence-electron chi connectivity index (χ1n) is 3.23. The summed E-state index contributed by atoms with van der Waals surface area (Å²) < 4.78 is 1.46. The standard InChI is InChI=1S/C6H9N3O2/c1-5(6(10)11)2-9-4-7-3-8-9/h3-5H,2H2,1H3,(H,10,11)/p-1. The number of hydrogen-bond donors (Lipinski definition) is 0. The third-order valence-corrected chi connectivity index (χ3v) is 1.33. The lowest BCUT2D eigenvalue weighted by Gasteiger charge is -2.10. The molecule has 0 aliphatic carbocycles. The van der Waals surface area contributed by atoms with Gasteiger partial charge in [-0.15, -0.1) is 0 Å². The van der Waals surface area contributed by atoms with E-state index in [4.69, 9.17) is 0 Å². The van der Waals surface area contributed by atoms with Crippen molar-refractivity contribution < 1.29 is 9.90 Å². The van der Waals surface area contributed by atoms with Crippen LogP contribution >= 0.6 is 0 Å². The van der Waals surface area contributed by atoms with Crippen molar-refractivity contribution in [2.24, 2.45) is 5.92 Å². The third-order valence-electron chi connectivity index (χ3n) is 1.33. The number of carbonyl (C=O) groups excluding carboxylic acids is 1. The molecule has 1 atom stereocenters. The monoisotopic (exact) mass is 154 g/mol. The van der Waals surface area contributed by atoms with Gasteiger partial charge in [-0.1, -0.05) is 6.92 Å². The van der Waals surface area contributed by atoms with Gasteiger partial charge >= 0.3 is 0 Å². The average molecular weight is 154 g/mol. The molecule has 1 aromatic rings. The number of hydrogen-bond acceptors (Lipinski definition) is 4. The van der Waals surface area contributed by atoms with Crippen LogP contribution in [0.3, 0.4) is 0 Å². The number of carboxylic acid groups (broad SMARTS) is 1. The molecular weight excluding hydrogens is 146 g/mol. The molecule has 5 heteroatoms. The molecule has 0 fully saturated rings. The summed E-state index contributed by atoms with van der Waals surface area (Å²) in [7, 11) is 0. The van der Waals surface area contributed by atoms with Gasteiger partial charge in [0.1, 0.15) is 12.7 Å². The van der Waals surface area contributed by atoms with Crippen LogP contribution in [0.25, 0.3) is 0 Å². The van der Waals surface area contributed by atoms with Crippen molar-refractivity contribution in [1.29, 1.82) is 0 Å². The highest BCUT2D eigenvalue weighted by Crippen LogP contribution is 1.95. The molecule has 1 heterocycles. The zero-order chi connectivity index (χ0) is 8.27. The largest absolute Gasteiger partial charge is 0.550 e. The van der Waals surface area contributed by atoms with Gasteiger partial charge < -0.3 is 9.90 Å². The molecule has 1 unspecified atom stereocenters. The molecule has 0 bridgehead atoms. The summed E-state index contributed by atoms with van der Waals surface area (Å²) in [6, 6.07) is 0. The molecule has 0 aromatic carbocycles. The fourth-order valence-electron chi connectivity index (χ4n) is 0.682. The molecule has 1 aromatic heterocycles. The number of rotatable bonds is 3. The van der Waals surface area contributed by atoms with E-state index in [-0.39, 0.29) is 0 Å². The first-order chi connectivity index (χ1) is 5.20. The summed E-state index contributed by atoms with van der Waals surface area (Å²) in [5.74, 6) is -1.60. The van der Waals surface area contributed by atoms with Crippen molar-refractivity contribution in [3.8, 4) is 0 Å². The Bertz CT molecular complexity index is 232. The predicted octanol–water partition coefficient (Wildman–Crippen LogP) is -1.34. The Balaban J connectivity index is 2.50. The number of carbonyl (C=O) groups is 1. The summed E-state index contributed by atoms with van der Waals surface area (Å²) in [4.78, 5) is 13.9. The summed E-state index contributed by atoms with van der Waals surface area (Å²) in [5, 5.41) is 14.0. The Kier molecular flexibility index (Phi) is 2.20. The van der Waals surface area contributed by atoms with Gasteiger partial charge in [0.15, 0.2) is 0 Å². The van der Waals surface area contributed by atoms with Crippen LogP contribution < -0.4 is 5.11 Å². The van der Waals surface area contributed by atoms with E-state index in [9.17, 15) is 9.90 Å². The van der Waals surface area contributed by atoms with Gasteiger partial charge in [-0.3, -0.25) is 4.68 Å². The molecule has 0 amide bonds. The Morgan fingerprint density at radius 3 is 3.00 bits per heavy atom. The molecule has 11 heavy (non-hydrogen) atoms. The van der Waals surface area contributed by atoms with Gasteiger partial charge in [-0.25, -0.2) is 4.98 Å². The Morgan fingerprint density at radius 1 is 1.82 bits per heavy atom. The van der Waals surface area contributed by atoms with E-state index in [2.05, 4.69) is 10.1 Å². The van der Waals surface area contributed by atoms with Gasteiger partial charge in [0.05, 0.1) is 6.54 Å². The second kappa shape index (κ2) is 3.14. The van der Waals surface area contributed by atoms with Crippen LogP contribution in [0.5, 0.6) is 0 Å². The van der Waals surface area contributed by atoms with E-state index < -0.39 is 11.9 Å². The van der Waals surface area contributed by atoms with Gasteiger partial charge in [0.2, 0.25) is 0 Å². The highest BCUT2D eigenvalue weighted by atomic mass is 16.4. The minimum atomic E-state index is -1.07. The van der Waals surface area contributed by atoms with Crippen LogP contribution in [-0.2, 0) is 11.3 Å². The summed E-state index contributed by atoms with van der Waals surface area (Å²) in [5.41, 5.74) is 0. The quantitative estimate of drug-likeness (QED) is 0.540. The van der Waals surface area contributed by atoms with Crippen molar-refractivity contribution in [1.82, 2.24) is 14.8 Å². The first-order valence-corrected chi connectivity index (χ1v) is 3.23. The molecule has 5 nitrogen and oxygen atoms in total. The van der Waals surface area contributed by atoms with Gasteiger partial charge in [-0.2, -0.15) is 5.10 Å². The summed E-state index contributed by atoms with van der Waals surface area (Å²) in [6.45, 7) is 1.87. The van der Waals surface area contributed by atoms with E-state index in [1.165, 1.54) is 17.3 Å². The van der Waals surface area contributed by atoms with Crippen LogP contribution in [0.15, 0.2) is 12.7 Å². The van der Waals surface area contributed by atoms with Crippen LogP contribution in [0, 0.1) is 5.92 Å². The lowest BCUT2D eigenvalue weighted by Crippen LogP contribution is -2.32. The molecular formula is C6H8N3O2-. The van der Waals surface area contributed by atoms with E-state index in [1.54, 1.807) is 6.92 Å². The van der Waals surface area contributed by atoms with Crippen LogP contribution in [0.1, 0.15) is 6.92 Å². The minimum Gasteiger partial charge on any atom is -0.550 e. The molecule has 0 spiro atoms. The third kappa shape index (κ3) is 2.03. The lowest BCUT2D eigenvalue weighted by molar-refractivity contribution is -0.311. The normalized spacial score (nSPS) is 12.8. The van der Waals surface area contributed by atoms with Crippen molar-refractivity contribution in [3.05, 3.63) is 12.7 Å². The molecule has 0 N–H and O–H groups in total. The first kappa shape index (κ1) is 7.71. The topological polar surface area (TPSA) is 70.8 Å². The van der Waals surface area contributed by atoms with Crippen molar-refractivity contribution in [3.63, 3.8) is 0 Å². The minimum absolute atomic E-state index is 0.308. The van der Waals surface area contributed by atoms with E-state index in [1.807, 2.05) is 0 Å². The number of aliphatic carboxylic acids is 1. The maximum Gasteiger partial charge on any atom is 0.137 e. The zero-order valence-corrected chi connectivity index (χ0v) is 6.10. The van der Waals surface area contributed by atoms with Crippen molar-refractivity contribution in [2.75, 3.05) is 0 Å². The predicted molar refractivity (Wildman–Crippen MR) is 34.2 cm³/mol. The SMILES string of the molecule is CC(Cn1cncn1)C(=O)[O-].